The Morgan fingerprint density at radius 1 is 1.23 bits per heavy atom. The summed E-state index contributed by atoms with van der Waals surface area (Å²) in [5.74, 6) is -0.935. The Kier molecular flexibility index (Phi) is 3.74. The Balaban J connectivity index is 4.66. The molecule has 3 nitrogen and oxygen atoms in total. The molecule has 0 N–H and O–H groups in total. The van der Waals surface area contributed by atoms with Crippen LogP contribution in [0.4, 0.5) is 13.2 Å². The first-order valence-electron chi connectivity index (χ1n) is 3.49. The molecule has 0 spiro atoms. The summed E-state index contributed by atoms with van der Waals surface area (Å²) in [4.78, 5) is 0. The molecular formula is C6H11F3O3S. The van der Waals surface area contributed by atoms with E-state index < -0.39 is 28.3 Å². The molecule has 0 aliphatic heterocycles. The van der Waals surface area contributed by atoms with Crippen LogP contribution in [0.5, 0.6) is 0 Å². The highest BCUT2D eigenvalue weighted by atomic mass is 32.2. The Labute approximate surface area is 75.0 Å². The lowest BCUT2D eigenvalue weighted by atomic mass is 10.1. The van der Waals surface area contributed by atoms with Crippen LogP contribution in [0.1, 0.15) is 13.8 Å². The minimum atomic E-state index is -4.66. The Hall–Kier alpha value is -0.300. The van der Waals surface area contributed by atoms with E-state index in [0.29, 0.717) is 6.26 Å². The minimum absolute atomic E-state index is 0.591. The molecule has 7 heteroatoms. The number of alkyl halides is 3. The van der Waals surface area contributed by atoms with E-state index >= 15 is 0 Å². The van der Waals surface area contributed by atoms with Crippen molar-refractivity contribution in [2.24, 2.45) is 5.92 Å². The van der Waals surface area contributed by atoms with Crippen LogP contribution >= 0.6 is 0 Å². The van der Waals surface area contributed by atoms with Gasteiger partial charge in [-0.05, 0) is 5.92 Å². The fraction of sp³-hybridized carbons (Fsp3) is 1.00. The van der Waals surface area contributed by atoms with Crippen LogP contribution in [0.15, 0.2) is 0 Å². The number of halogens is 3. The quantitative estimate of drug-likeness (QED) is 0.678. The summed E-state index contributed by atoms with van der Waals surface area (Å²) in [7, 11) is -4.07. The molecule has 0 bridgehead atoms. The normalized spacial score (nSPS) is 16.2. The second-order valence-corrected chi connectivity index (χ2v) is 4.61. The molecule has 13 heavy (non-hydrogen) atoms. The Bertz CT molecular complexity index is 255. The fourth-order valence-corrected chi connectivity index (χ4v) is 1.44. The zero-order valence-corrected chi connectivity index (χ0v) is 8.24. The van der Waals surface area contributed by atoms with Crippen LogP contribution in [0.3, 0.4) is 0 Å². The first-order chi connectivity index (χ1) is 5.54. The van der Waals surface area contributed by atoms with Gasteiger partial charge in [-0.25, -0.2) is 0 Å². The van der Waals surface area contributed by atoms with E-state index in [1.807, 2.05) is 0 Å². The zero-order valence-electron chi connectivity index (χ0n) is 7.42. The van der Waals surface area contributed by atoms with Crippen LogP contribution in [0.2, 0.25) is 0 Å². The van der Waals surface area contributed by atoms with E-state index in [0.717, 1.165) is 0 Å². The van der Waals surface area contributed by atoms with Crippen molar-refractivity contribution in [1.82, 2.24) is 0 Å². The maximum absolute atomic E-state index is 12.1. The lowest BCUT2D eigenvalue weighted by molar-refractivity contribution is -0.205. The maximum Gasteiger partial charge on any atom is 0.416 e. The van der Waals surface area contributed by atoms with Gasteiger partial charge in [0.15, 0.2) is 6.10 Å². The summed E-state index contributed by atoms with van der Waals surface area (Å²) in [6.07, 6.45) is -6.33. The molecule has 0 amide bonds. The van der Waals surface area contributed by atoms with E-state index in [4.69, 9.17) is 0 Å². The monoisotopic (exact) mass is 220 g/mol. The van der Waals surface area contributed by atoms with Crippen molar-refractivity contribution in [3.8, 4) is 0 Å². The first kappa shape index (κ1) is 12.7. The molecule has 0 radical (unpaired) electrons. The topological polar surface area (TPSA) is 43.4 Å². The van der Waals surface area contributed by atoms with E-state index in [1.165, 1.54) is 13.8 Å². The first-order valence-corrected chi connectivity index (χ1v) is 5.30. The molecule has 0 aromatic carbocycles. The van der Waals surface area contributed by atoms with E-state index in [2.05, 4.69) is 4.18 Å². The molecule has 0 aliphatic rings. The highest BCUT2D eigenvalue weighted by molar-refractivity contribution is 7.86. The molecule has 0 saturated heterocycles. The maximum atomic E-state index is 12.1. The highest BCUT2D eigenvalue weighted by Gasteiger charge is 2.44. The van der Waals surface area contributed by atoms with Crippen molar-refractivity contribution in [2.75, 3.05) is 6.26 Å². The zero-order chi connectivity index (χ0) is 10.9. The average molecular weight is 220 g/mol. The molecule has 0 saturated carbocycles. The van der Waals surface area contributed by atoms with Gasteiger partial charge in [0.05, 0.1) is 6.26 Å². The van der Waals surface area contributed by atoms with Gasteiger partial charge in [-0.15, -0.1) is 0 Å². The summed E-state index contributed by atoms with van der Waals surface area (Å²) in [6.45, 7) is 2.48. The summed E-state index contributed by atoms with van der Waals surface area (Å²) in [5.41, 5.74) is 0. The Morgan fingerprint density at radius 3 is 1.69 bits per heavy atom. The lowest BCUT2D eigenvalue weighted by Crippen LogP contribution is -2.37. The minimum Gasteiger partial charge on any atom is -0.257 e. The van der Waals surface area contributed by atoms with Crippen molar-refractivity contribution in [1.29, 1.82) is 0 Å². The number of hydrogen-bond acceptors (Lipinski definition) is 3. The largest absolute Gasteiger partial charge is 0.416 e. The fourth-order valence-electron chi connectivity index (χ4n) is 0.732. The third-order valence-electron chi connectivity index (χ3n) is 1.21. The molecule has 1 unspecified atom stereocenters. The van der Waals surface area contributed by atoms with Gasteiger partial charge in [-0.1, -0.05) is 13.8 Å². The van der Waals surface area contributed by atoms with E-state index in [1.54, 1.807) is 0 Å². The SMILES string of the molecule is CC(C)C(OS(C)(=O)=O)C(F)(F)F. The predicted molar refractivity (Wildman–Crippen MR) is 40.6 cm³/mol. The van der Waals surface area contributed by atoms with E-state index in [-0.39, 0.29) is 0 Å². The molecular weight excluding hydrogens is 209 g/mol. The van der Waals surface area contributed by atoms with Gasteiger partial charge >= 0.3 is 6.18 Å². The molecule has 0 fully saturated rings. The molecule has 0 rings (SSSR count). The van der Waals surface area contributed by atoms with Crippen molar-refractivity contribution >= 4 is 10.1 Å². The number of hydrogen-bond donors (Lipinski definition) is 0. The van der Waals surface area contributed by atoms with Crippen molar-refractivity contribution in [3.05, 3.63) is 0 Å². The van der Waals surface area contributed by atoms with E-state index in [9.17, 15) is 21.6 Å². The molecule has 0 heterocycles. The van der Waals surface area contributed by atoms with Gasteiger partial charge in [0.1, 0.15) is 0 Å². The molecule has 1 atom stereocenters. The van der Waals surface area contributed by atoms with Gasteiger partial charge in [-0.3, -0.25) is 4.18 Å². The van der Waals surface area contributed by atoms with Crippen molar-refractivity contribution in [3.63, 3.8) is 0 Å². The van der Waals surface area contributed by atoms with Crippen LogP contribution in [0, 0.1) is 5.92 Å². The smallest absolute Gasteiger partial charge is 0.257 e. The van der Waals surface area contributed by atoms with Crippen molar-refractivity contribution in [2.45, 2.75) is 26.1 Å². The standard InChI is InChI=1S/C6H11F3O3S/c1-4(2)5(6(7,8)9)12-13(3,10)11/h4-5H,1-3H3. The second-order valence-electron chi connectivity index (χ2n) is 3.01. The molecule has 80 valence electrons. The summed E-state index contributed by atoms with van der Waals surface area (Å²) >= 11 is 0. The van der Waals surface area contributed by atoms with Gasteiger partial charge in [0.2, 0.25) is 0 Å². The van der Waals surface area contributed by atoms with Crippen LogP contribution in [0.25, 0.3) is 0 Å². The van der Waals surface area contributed by atoms with Crippen LogP contribution < -0.4 is 0 Å². The summed E-state index contributed by atoms with van der Waals surface area (Å²) < 4.78 is 61.2. The third kappa shape index (κ3) is 5.09. The van der Waals surface area contributed by atoms with Crippen molar-refractivity contribution < 1.29 is 25.8 Å². The van der Waals surface area contributed by atoms with Crippen LogP contribution in [-0.4, -0.2) is 27.0 Å². The molecule has 0 aromatic rings. The predicted octanol–water partition coefficient (Wildman–Crippen LogP) is 1.55. The molecule has 0 aromatic heterocycles. The highest BCUT2D eigenvalue weighted by Crippen LogP contribution is 2.29. The third-order valence-corrected chi connectivity index (χ3v) is 1.76. The van der Waals surface area contributed by atoms with Gasteiger partial charge < -0.3 is 0 Å². The van der Waals surface area contributed by atoms with Crippen LogP contribution in [-0.2, 0) is 14.3 Å². The summed E-state index contributed by atoms with van der Waals surface area (Å²) in [5, 5.41) is 0. The second kappa shape index (κ2) is 3.83. The van der Waals surface area contributed by atoms with Gasteiger partial charge in [0.25, 0.3) is 10.1 Å². The summed E-state index contributed by atoms with van der Waals surface area (Å²) in [6, 6.07) is 0. The Morgan fingerprint density at radius 2 is 1.62 bits per heavy atom. The van der Waals surface area contributed by atoms with Gasteiger partial charge in [-0.2, -0.15) is 21.6 Å². The molecule has 0 aliphatic carbocycles. The number of rotatable bonds is 3. The average Bonchev–Trinajstić information content (AvgIpc) is 1.77. The van der Waals surface area contributed by atoms with Gasteiger partial charge in [0, 0.05) is 0 Å². The lowest BCUT2D eigenvalue weighted by Gasteiger charge is -2.22.